The van der Waals surface area contributed by atoms with E-state index >= 15 is 0 Å². The van der Waals surface area contributed by atoms with Gasteiger partial charge in [0.25, 0.3) is 0 Å². The Balaban J connectivity index is 2.12. The third-order valence-electron chi connectivity index (χ3n) is 2.86. The Bertz CT molecular complexity index is 800. The van der Waals surface area contributed by atoms with Crippen molar-refractivity contribution in [1.29, 1.82) is 0 Å². The van der Waals surface area contributed by atoms with Gasteiger partial charge in [0.1, 0.15) is 10.6 Å². The molecule has 1 aromatic carbocycles. The fraction of sp³-hybridized carbons (Fsp3) is 0.143. The molecule has 0 bridgehead atoms. The van der Waals surface area contributed by atoms with Crippen molar-refractivity contribution in [2.24, 2.45) is 0 Å². The molecule has 0 fully saturated rings. The zero-order valence-corrected chi connectivity index (χ0v) is 12.5. The summed E-state index contributed by atoms with van der Waals surface area (Å²) in [6.45, 7) is 3.96. The van der Waals surface area contributed by atoms with E-state index in [0.29, 0.717) is 16.7 Å². The second-order valence-corrected chi connectivity index (χ2v) is 6.15. The smallest absolute Gasteiger partial charge is 0.232 e. The Hall–Kier alpha value is -1.85. The van der Waals surface area contributed by atoms with Gasteiger partial charge < -0.3 is 10.5 Å². The molecule has 2 aromatic heterocycles. The number of nitrogen functional groups attached to an aromatic ring is 1. The van der Waals surface area contributed by atoms with E-state index in [1.54, 1.807) is 17.4 Å². The molecule has 3 rings (SSSR count). The van der Waals surface area contributed by atoms with Crippen molar-refractivity contribution in [1.82, 2.24) is 9.97 Å². The first-order valence-corrected chi connectivity index (χ1v) is 7.20. The summed E-state index contributed by atoms with van der Waals surface area (Å²) in [4.78, 5) is 10.4. The van der Waals surface area contributed by atoms with Gasteiger partial charge in [-0.2, -0.15) is 4.98 Å². The molecule has 0 amide bonds. The monoisotopic (exact) mass is 305 g/mol. The maximum absolute atomic E-state index is 6.00. The van der Waals surface area contributed by atoms with Gasteiger partial charge in [-0.25, -0.2) is 4.98 Å². The zero-order chi connectivity index (χ0) is 14.3. The van der Waals surface area contributed by atoms with E-state index in [-0.39, 0.29) is 5.95 Å². The summed E-state index contributed by atoms with van der Waals surface area (Å²) in [5.74, 6) is 1.33. The standard InChI is InChI=1S/C14H12ClN3OS/c1-7-3-4-9(15)6-11(7)19-12-10-5-8(2)20-13(10)18-14(16)17-12/h3-6H,1-2H3,(H2,16,17,18). The number of halogens is 1. The van der Waals surface area contributed by atoms with Crippen molar-refractivity contribution < 1.29 is 4.74 Å². The third-order valence-corrected chi connectivity index (χ3v) is 4.03. The van der Waals surface area contributed by atoms with E-state index in [4.69, 9.17) is 22.1 Å². The fourth-order valence-electron chi connectivity index (χ4n) is 1.90. The Morgan fingerprint density at radius 1 is 1.20 bits per heavy atom. The number of nitrogens with two attached hydrogens (primary N) is 1. The average Bonchev–Trinajstić information content (AvgIpc) is 2.74. The molecule has 0 saturated carbocycles. The van der Waals surface area contributed by atoms with Crippen LogP contribution in [-0.4, -0.2) is 9.97 Å². The lowest BCUT2D eigenvalue weighted by Gasteiger charge is -2.09. The van der Waals surface area contributed by atoms with Gasteiger partial charge in [0.2, 0.25) is 11.8 Å². The molecule has 0 atom stereocenters. The van der Waals surface area contributed by atoms with Crippen molar-refractivity contribution in [3.8, 4) is 11.6 Å². The van der Waals surface area contributed by atoms with Gasteiger partial charge in [0.15, 0.2) is 0 Å². The number of anilines is 1. The van der Waals surface area contributed by atoms with Gasteiger partial charge in [-0.3, -0.25) is 0 Å². The van der Waals surface area contributed by atoms with Crippen molar-refractivity contribution >= 4 is 39.1 Å². The summed E-state index contributed by atoms with van der Waals surface area (Å²) in [7, 11) is 0. The van der Waals surface area contributed by atoms with Crippen LogP contribution < -0.4 is 10.5 Å². The highest BCUT2D eigenvalue weighted by atomic mass is 35.5. The van der Waals surface area contributed by atoms with Crippen LogP contribution in [0.1, 0.15) is 10.4 Å². The highest BCUT2D eigenvalue weighted by molar-refractivity contribution is 7.18. The van der Waals surface area contributed by atoms with E-state index in [2.05, 4.69) is 9.97 Å². The first kappa shape index (κ1) is 13.1. The number of thiophene rings is 1. The molecule has 0 saturated heterocycles. The van der Waals surface area contributed by atoms with Gasteiger partial charge in [-0.15, -0.1) is 11.3 Å². The number of rotatable bonds is 2. The number of ether oxygens (including phenoxy) is 1. The quantitative estimate of drug-likeness (QED) is 0.765. The third kappa shape index (κ3) is 2.42. The molecular formula is C14H12ClN3OS. The first-order chi connectivity index (χ1) is 9.52. The molecule has 0 radical (unpaired) electrons. The number of hydrogen-bond donors (Lipinski definition) is 1. The summed E-state index contributed by atoms with van der Waals surface area (Å²) in [6.07, 6.45) is 0. The molecule has 0 unspecified atom stereocenters. The van der Waals surface area contributed by atoms with Crippen molar-refractivity contribution in [3.05, 3.63) is 39.7 Å². The van der Waals surface area contributed by atoms with Gasteiger partial charge in [-0.1, -0.05) is 17.7 Å². The molecule has 20 heavy (non-hydrogen) atoms. The van der Waals surface area contributed by atoms with Gasteiger partial charge >= 0.3 is 0 Å². The molecule has 4 nitrogen and oxygen atoms in total. The number of nitrogens with zero attached hydrogens (tertiary/aromatic N) is 2. The molecule has 2 N–H and O–H groups in total. The fourth-order valence-corrected chi connectivity index (χ4v) is 2.94. The second-order valence-electron chi connectivity index (χ2n) is 4.47. The summed E-state index contributed by atoms with van der Waals surface area (Å²) in [6, 6.07) is 7.48. The summed E-state index contributed by atoms with van der Waals surface area (Å²) >= 11 is 7.56. The SMILES string of the molecule is Cc1cc2c(Oc3cc(Cl)ccc3C)nc(N)nc2s1. The number of hydrogen-bond acceptors (Lipinski definition) is 5. The Labute approximate surface area is 125 Å². The van der Waals surface area contributed by atoms with E-state index in [1.165, 1.54) is 0 Å². The maximum Gasteiger partial charge on any atom is 0.232 e. The lowest BCUT2D eigenvalue weighted by Crippen LogP contribution is -1.97. The van der Waals surface area contributed by atoms with Crippen LogP contribution in [0.4, 0.5) is 5.95 Å². The molecular weight excluding hydrogens is 294 g/mol. The number of benzene rings is 1. The van der Waals surface area contributed by atoms with Crippen LogP contribution in [0.2, 0.25) is 5.02 Å². The molecule has 2 heterocycles. The van der Waals surface area contributed by atoms with Crippen molar-refractivity contribution in [3.63, 3.8) is 0 Å². The maximum atomic E-state index is 6.00. The van der Waals surface area contributed by atoms with Crippen LogP contribution >= 0.6 is 22.9 Å². The zero-order valence-electron chi connectivity index (χ0n) is 11.0. The molecule has 0 spiro atoms. The lowest BCUT2D eigenvalue weighted by molar-refractivity contribution is 0.466. The Morgan fingerprint density at radius 3 is 2.80 bits per heavy atom. The highest BCUT2D eigenvalue weighted by Gasteiger charge is 2.12. The normalized spacial score (nSPS) is 10.9. The number of aryl methyl sites for hydroxylation is 2. The minimum Gasteiger partial charge on any atom is -0.438 e. The summed E-state index contributed by atoms with van der Waals surface area (Å²) in [5, 5.41) is 1.48. The summed E-state index contributed by atoms with van der Waals surface area (Å²) in [5.41, 5.74) is 6.71. The van der Waals surface area contributed by atoms with Crippen LogP contribution in [0.5, 0.6) is 11.6 Å². The number of aromatic nitrogens is 2. The van der Waals surface area contributed by atoms with E-state index < -0.39 is 0 Å². The molecule has 3 aromatic rings. The molecule has 102 valence electrons. The van der Waals surface area contributed by atoms with Crippen LogP contribution in [0.25, 0.3) is 10.2 Å². The topological polar surface area (TPSA) is 61.0 Å². The minimum atomic E-state index is 0.203. The average molecular weight is 306 g/mol. The van der Waals surface area contributed by atoms with E-state index in [0.717, 1.165) is 20.7 Å². The van der Waals surface area contributed by atoms with Crippen LogP contribution in [0, 0.1) is 13.8 Å². The van der Waals surface area contributed by atoms with Crippen LogP contribution in [0.3, 0.4) is 0 Å². The number of fused-ring (bicyclic) bond motifs is 1. The van der Waals surface area contributed by atoms with E-state index in [9.17, 15) is 0 Å². The van der Waals surface area contributed by atoms with E-state index in [1.807, 2.05) is 32.0 Å². The first-order valence-electron chi connectivity index (χ1n) is 6.00. The Kier molecular flexibility index (Phi) is 3.23. The predicted molar refractivity (Wildman–Crippen MR) is 82.8 cm³/mol. The van der Waals surface area contributed by atoms with Crippen molar-refractivity contribution in [2.45, 2.75) is 13.8 Å². The Morgan fingerprint density at radius 2 is 2.00 bits per heavy atom. The predicted octanol–water partition coefficient (Wildman–Crippen LogP) is 4.34. The van der Waals surface area contributed by atoms with Crippen molar-refractivity contribution in [2.75, 3.05) is 5.73 Å². The van der Waals surface area contributed by atoms with Gasteiger partial charge in [0.05, 0.1) is 5.39 Å². The van der Waals surface area contributed by atoms with Crippen LogP contribution in [0.15, 0.2) is 24.3 Å². The van der Waals surface area contributed by atoms with Gasteiger partial charge in [0, 0.05) is 9.90 Å². The highest BCUT2D eigenvalue weighted by Crippen LogP contribution is 2.34. The van der Waals surface area contributed by atoms with Crippen LogP contribution in [-0.2, 0) is 0 Å². The second kappa shape index (κ2) is 4.92. The largest absolute Gasteiger partial charge is 0.438 e. The molecule has 0 aliphatic heterocycles. The molecule has 0 aliphatic carbocycles. The lowest BCUT2D eigenvalue weighted by atomic mass is 10.2. The molecule has 6 heteroatoms. The minimum absolute atomic E-state index is 0.203. The summed E-state index contributed by atoms with van der Waals surface area (Å²) < 4.78 is 5.89. The molecule has 0 aliphatic rings. The van der Waals surface area contributed by atoms with Gasteiger partial charge in [-0.05, 0) is 37.6 Å².